The molecule has 1 N–H and O–H groups in total. The maximum Gasteiger partial charge on any atom is 0.0282 e. The van der Waals surface area contributed by atoms with Gasteiger partial charge in [0.15, 0.2) is 0 Å². The standard InChI is InChI=1S/C11H11N2/c1-9-7-11(13-12-8-9)10-5-3-2-4-6-10/h2-8,13H,1H3/q-1. The molecule has 0 spiro atoms. The molecule has 0 fully saturated rings. The van der Waals surface area contributed by atoms with Crippen LogP contribution in [0.15, 0.2) is 48.2 Å². The zero-order valence-corrected chi connectivity index (χ0v) is 7.49. The Morgan fingerprint density at radius 1 is 1.15 bits per heavy atom. The summed E-state index contributed by atoms with van der Waals surface area (Å²) in [4.78, 5) is 0. The average molecular weight is 171 g/mol. The lowest BCUT2D eigenvalue weighted by Gasteiger charge is -2.27. The van der Waals surface area contributed by atoms with Gasteiger partial charge in [-0.25, -0.2) is 0 Å². The Balaban J connectivity index is 2.32. The molecule has 66 valence electrons. The minimum Gasteiger partial charge on any atom is -0.604 e. The Morgan fingerprint density at radius 2 is 1.92 bits per heavy atom. The summed E-state index contributed by atoms with van der Waals surface area (Å²) in [5, 5.41) is 0. The minimum absolute atomic E-state index is 1.06. The SMILES string of the molecule is CC1=C[N-]NC(c2ccccc2)=C1. The maximum atomic E-state index is 4.04. The lowest BCUT2D eigenvalue weighted by molar-refractivity contribution is 1.12. The Bertz CT molecular complexity index is 350. The van der Waals surface area contributed by atoms with E-state index >= 15 is 0 Å². The van der Waals surface area contributed by atoms with Crippen molar-refractivity contribution in [1.82, 2.24) is 5.43 Å². The Kier molecular flexibility index (Phi) is 2.04. The second kappa shape index (κ2) is 3.35. The van der Waals surface area contributed by atoms with E-state index in [4.69, 9.17) is 0 Å². The molecule has 0 saturated carbocycles. The minimum atomic E-state index is 1.06. The fourth-order valence-electron chi connectivity index (χ4n) is 1.27. The molecule has 0 atom stereocenters. The number of benzene rings is 1. The van der Waals surface area contributed by atoms with E-state index in [2.05, 4.69) is 29.1 Å². The van der Waals surface area contributed by atoms with E-state index in [9.17, 15) is 0 Å². The van der Waals surface area contributed by atoms with Crippen LogP contribution in [0.2, 0.25) is 0 Å². The number of hydrogen-bond acceptors (Lipinski definition) is 1. The summed E-state index contributed by atoms with van der Waals surface area (Å²) < 4.78 is 0. The lowest BCUT2D eigenvalue weighted by Crippen LogP contribution is -2.07. The fourth-order valence-corrected chi connectivity index (χ4v) is 1.27. The van der Waals surface area contributed by atoms with E-state index in [-0.39, 0.29) is 0 Å². The first-order valence-electron chi connectivity index (χ1n) is 4.26. The summed E-state index contributed by atoms with van der Waals surface area (Å²) in [6.45, 7) is 2.04. The molecule has 0 saturated heterocycles. The third-order valence-electron chi connectivity index (χ3n) is 1.91. The van der Waals surface area contributed by atoms with Gasteiger partial charge in [-0.1, -0.05) is 35.9 Å². The Morgan fingerprint density at radius 3 is 2.62 bits per heavy atom. The summed E-state index contributed by atoms with van der Waals surface area (Å²) in [5.41, 5.74) is 10.4. The summed E-state index contributed by atoms with van der Waals surface area (Å²) in [7, 11) is 0. The van der Waals surface area contributed by atoms with Crippen molar-refractivity contribution in [1.29, 1.82) is 0 Å². The van der Waals surface area contributed by atoms with Gasteiger partial charge in [-0.3, -0.25) is 0 Å². The number of nitrogens with one attached hydrogen (secondary N) is 1. The van der Waals surface area contributed by atoms with Gasteiger partial charge in [0.25, 0.3) is 0 Å². The van der Waals surface area contributed by atoms with Gasteiger partial charge in [-0.05, 0) is 18.6 Å². The zero-order valence-electron chi connectivity index (χ0n) is 7.49. The predicted octanol–water partition coefficient (Wildman–Crippen LogP) is 2.82. The highest BCUT2D eigenvalue weighted by atomic mass is 15.4. The van der Waals surface area contributed by atoms with E-state index < -0.39 is 0 Å². The van der Waals surface area contributed by atoms with Crippen molar-refractivity contribution in [2.24, 2.45) is 0 Å². The topological polar surface area (TPSA) is 26.1 Å². The van der Waals surface area contributed by atoms with Crippen LogP contribution in [-0.2, 0) is 0 Å². The molecule has 1 heterocycles. The van der Waals surface area contributed by atoms with Crippen LogP contribution < -0.4 is 5.43 Å². The van der Waals surface area contributed by atoms with Crippen LogP contribution in [0.25, 0.3) is 11.1 Å². The first-order chi connectivity index (χ1) is 6.36. The van der Waals surface area contributed by atoms with Gasteiger partial charge in [-0.2, -0.15) is 6.20 Å². The highest BCUT2D eigenvalue weighted by Gasteiger charge is 1.97. The van der Waals surface area contributed by atoms with Crippen LogP contribution >= 0.6 is 0 Å². The van der Waals surface area contributed by atoms with E-state index in [0.29, 0.717) is 0 Å². The molecule has 0 radical (unpaired) electrons. The van der Waals surface area contributed by atoms with Crippen LogP contribution in [0, 0.1) is 0 Å². The van der Waals surface area contributed by atoms with Crippen LogP contribution in [0.3, 0.4) is 0 Å². The second-order valence-corrected chi connectivity index (χ2v) is 3.04. The van der Waals surface area contributed by atoms with Crippen molar-refractivity contribution in [3.63, 3.8) is 0 Å². The number of hydrogen-bond donors (Lipinski definition) is 1. The predicted molar refractivity (Wildman–Crippen MR) is 54.7 cm³/mol. The summed E-state index contributed by atoms with van der Waals surface area (Å²) in [5.74, 6) is 0. The highest BCUT2D eigenvalue weighted by molar-refractivity contribution is 5.69. The summed E-state index contributed by atoms with van der Waals surface area (Å²) in [6, 6.07) is 10.2. The third kappa shape index (κ3) is 1.72. The van der Waals surface area contributed by atoms with Gasteiger partial charge in [0.1, 0.15) is 0 Å². The molecule has 0 aliphatic carbocycles. The second-order valence-electron chi connectivity index (χ2n) is 3.04. The molecule has 2 rings (SSSR count). The fraction of sp³-hybridized carbons (Fsp3) is 0.0909. The van der Waals surface area contributed by atoms with Crippen molar-refractivity contribution in [2.75, 3.05) is 0 Å². The van der Waals surface area contributed by atoms with Crippen molar-refractivity contribution in [2.45, 2.75) is 6.92 Å². The summed E-state index contributed by atoms with van der Waals surface area (Å²) >= 11 is 0. The van der Waals surface area contributed by atoms with Crippen LogP contribution in [0.1, 0.15) is 12.5 Å². The average Bonchev–Trinajstić information content (AvgIpc) is 2.19. The van der Waals surface area contributed by atoms with Crippen molar-refractivity contribution < 1.29 is 0 Å². The first-order valence-corrected chi connectivity index (χ1v) is 4.26. The molecular weight excluding hydrogens is 160 g/mol. The smallest absolute Gasteiger partial charge is 0.0282 e. The highest BCUT2D eigenvalue weighted by Crippen LogP contribution is 2.18. The first kappa shape index (κ1) is 7.92. The van der Waals surface area contributed by atoms with Crippen LogP contribution in [0.5, 0.6) is 0 Å². The van der Waals surface area contributed by atoms with Crippen molar-refractivity contribution in [3.8, 4) is 0 Å². The summed E-state index contributed by atoms with van der Waals surface area (Å²) in [6.07, 6.45) is 3.90. The lowest BCUT2D eigenvalue weighted by atomic mass is 10.1. The Hall–Kier alpha value is -1.70. The maximum absolute atomic E-state index is 4.04. The zero-order chi connectivity index (χ0) is 9.10. The molecule has 2 nitrogen and oxygen atoms in total. The van der Waals surface area contributed by atoms with E-state index in [1.54, 1.807) is 0 Å². The largest absolute Gasteiger partial charge is 0.604 e. The molecule has 1 aromatic carbocycles. The van der Waals surface area contributed by atoms with Crippen LogP contribution in [0.4, 0.5) is 0 Å². The molecule has 2 heteroatoms. The molecule has 13 heavy (non-hydrogen) atoms. The quantitative estimate of drug-likeness (QED) is 0.690. The van der Waals surface area contributed by atoms with Crippen molar-refractivity contribution in [3.05, 3.63) is 59.2 Å². The van der Waals surface area contributed by atoms with E-state index in [1.165, 1.54) is 5.56 Å². The van der Waals surface area contributed by atoms with Crippen LogP contribution in [-0.4, -0.2) is 0 Å². The molecule has 1 aliphatic rings. The van der Waals surface area contributed by atoms with Gasteiger partial charge >= 0.3 is 0 Å². The molecule has 0 bridgehead atoms. The number of allylic oxidation sites excluding steroid dienone is 2. The molecule has 0 aromatic heterocycles. The van der Waals surface area contributed by atoms with Gasteiger partial charge < -0.3 is 10.9 Å². The third-order valence-corrected chi connectivity index (χ3v) is 1.91. The van der Waals surface area contributed by atoms with Gasteiger partial charge in [0.2, 0.25) is 0 Å². The van der Waals surface area contributed by atoms with Gasteiger partial charge in [-0.15, -0.1) is 0 Å². The van der Waals surface area contributed by atoms with Gasteiger partial charge in [0, 0.05) is 5.70 Å². The van der Waals surface area contributed by atoms with E-state index in [1.807, 2.05) is 31.3 Å². The molecule has 1 aromatic rings. The monoisotopic (exact) mass is 171 g/mol. The Labute approximate surface area is 77.9 Å². The molecular formula is C11H11N2-. The molecule has 0 amide bonds. The number of rotatable bonds is 1. The van der Waals surface area contributed by atoms with E-state index in [0.717, 1.165) is 11.3 Å². The molecule has 1 aliphatic heterocycles. The normalized spacial score (nSPS) is 15.2. The molecule has 0 unspecified atom stereocenters. The van der Waals surface area contributed by atoms with Gasteiger partial charge in [0.05, 0.1) is 0 Å². The number of nitrogens with zero attached hydrogens (tertiary/aromatic N) is 1. The van der Waals surface area contributed by atoms with Crippen molar-refractivity contribution >= 4 is 5.70 Å².